The molecule has 2 atom stereocenters. The van der Waals surface area contributed by atoms with Crippen molar-refractivity contribution in [3.05, 3.63) is 0 Å². The summed E-state index contributed by atoms with van der Waals surface area (Å²) in [7, 11) is 0. The molecule has 1 aliphatic rings. The number of hydrogen-bond acceptors (Lipinski definition) is 1. The molecular formula is C9H17ClO. The minimum Gasteiger partial charge on any atom is -0.390 e. The molecule has 0 aromatic heterocycles. The predicted octanol–water partition coefficient (Wildman–Crippen LogP) is 2.55. The minimum absolute atomic E-state index is 0.147. The van der Waals surface area contributed by atoms with Crippen LogP contribution in [0.4, 0.5) is 0 Å². The first-order valence-corrected chi connectivity index (χ1v) is 4.61. The van der Waals surface area contributed by atoms with E-state index in [4.69, 9.17) is 11.6 Å². The average Bonchev–Trinajstić information content (AvgIpc) is 1.49. The fourth-order valence-electron chi connectivity index (χ4n) is 2.32. The average molecular weight is 177 g/mol. The van der Waals surface area contributed by atoms with Gasteiger partial charge in [0.2, 0.25) is 0 Å². The van der Waals surface area contributed by atoms with E-state index in [1.54, 1.807) is 0 Å². The van der Waals surface area contributed by atoms with E-state index >= 15 is 0 Å². The Labute approximate surface area is 73.8 Å². The van der Waals surface area contributed by atoms with Crippen LogP contribution >= 0.6 is 11.6 Å². The largest absolute Gasteiger partial charge is 0.390 e. The molecule has 0 saturated heterocycles. The summed E-state index contributed by atoms with van der Waals surface area (Å²) < 4.78 is 0. The summed E-state index contributed by atoms with van der Waals surface area (Å²) in [6.07, 6.45) is 2.62. The van der Waals surface area contributed by atoms with Crippen LogP contribution in [0.3, 0.4) is 0 Å². The molecule has 0 aromatic carbocycles. The first-order valence-electron chi connectivity index (χ1n) is 4.17. The van der Waals surface area contributed by atoms with Gasteiger partial charge < -0.3 is 5.11 Å². The number of halogens is 1. The van der Waals surface area contributed by atoms with Gasteiger partial charge in [-0.25, -0.2) is 0 Å². The Hall–Kier alpha value is 0.250. The smallest absolute Gasteiger partial charge is 0.0639 e. The van der Waals surface area contributed by atoms with Gasteiger partial charge in [-0.05, 0) is 31.6 Å². The number of alkyl halides is 1. The molecule has 1 nitrogen and oxygen atoms in total. The maximum Gasteiger partial charge on any atom is 0.0639 e. The van der Waals surface area contributed by atoms with Crippen molar-refractivity contribution in [1.29, 1.82) is 0 Å². The van der Waals surface area contributed by atoms with Crippen LogP contribution in [0.1, 0.15) is 40.0 Å². The molecule has 0 radical (unpaired) electrons. The van der Waals surface area contributed by atoms with Crippen molar-refractivity contribution in [3.8, 4) is 0 Å². The van der Waals surface area contributed by atoms with Crippen LogP contribution < -0.4 is 0 Å². The van der Waals surface area contributed by atoms with Gasteiger partial charge in [0.1, 0.15) is 0 Å². The van der Waals surface area contributed by atoms with Crippen LogP contribution in [0.2, 0.25) is 0 Å². The number of rotatable bonds is 0. The summed E-state index contributed by atoms with van der Waals surface area (Å²) >= 11 is 6.03. The van der Waals surface area contributed by atoms with Crippen molar-refractivity contribution < 1.29 is 5.11 Å². The highest BCUT2D eigenvalue weighted by Gasteiger charge is 2.39. The minimum atomic E-state index is -0.547. The standard InChI is InChI=1S/C9H17ClO/c1-8(2)4-7(10)5-9(3,11)6-8/h7,11H,4-6H2,1-3H3/t7-,9+/m1/s1. The van der Waals surface area contributed by atoms with E-state index in [9.17, 15) is 5.11 Å². The third-order valence-corrected chi connectivity index (χ3v) is 2.60. The Morgan fingerprint density at radius 3 is 2.18 bits per heavy atom. The Morgan fingerprint density at radius 1 is 1.27 bits per heavy atom. The van der Waals surface area contributed by atoms with Crippen molar-refractivity contribution in [3.63, 3.8) is 0 Å². The molecule has 0 spiro atoms. The van der Waals surface area contributed by atoms with Crippen LogP contribution in [-0.2, 0) is 0 Å². The summed E-state index contributed by atoms with van der Waals surface area (Å²) in [5.41, 5.74) is -0.345. The van der Waals surface area contributed by atoms with Crippen molar-refractivity contribution in [2.24, 2.45) is 5.41 Å². The zero-order chi connectivity index (χ0) is 8.70. The third kappa shape index (κ3) is 2.64. The molecule has 0 aliphatic heterocycles. The summed E-state index contributed by atoms with van der Waals surface area (Å²) in [6, 6.07) is 0. The highest BCUT2D eigenvalue weighted by Crippen LogP contribution is 2.42. The van der Waals surface area contributed by atoms with Crippen molar-refractivity contribution in [2.75, 3.05) is 0 Å². The SMILES string of the molecule is CC1(C)C[C@@H](Cl)C[C@](C)(O)C1. The van der Waals surface area contributed by atoms with Crippen LogP contribution in [0, 0.1) is 5.41 Å². The molecule has 0 heterocycles. The lowest BCUT2D eigenvalue weighted by molar-refractivity contribution is -0.0212. The molecule has 2 heteroatoms. The van der Waals surface area contributed by atoms with E-state index in [1.807, 2.05) is 6.92 Å². The molecule has 0 aromatic rings. The predicted molar refractivity (Wildman–Crippen MR) is 47.9 cm³/mol. The molecule has 1 fully saturated rings. The zero-order valence-corrected chi connectivity index (χ0v) is 8.28. The summed E-state index contributed by atoms with van der Waals surface area (Å²) in [4.78, 5) is 0. The molecule has 1 N–H and O–H groups in total. The first kappa shape index (κ1) is 9.34. The van der Waals surface area contributed by atoms with Crippen molar-refractivity contribution in [2.45, 2.75) is 51.0 Å². The molecule has 1 saturated carbocycles. The lowest BCUT2D eigenvalue weighted by Gasteiger charge is -2.41. The summed E-state index contributed by atoms with van der Waals surface area (Å²) in [5.74, 6) is 0. The molecule has 11 heavy (non-hydrogen) atoms. The maximum absolute atomic E-state index is 9.80. The first-order chi connectivity index (χ1) is 4.81. The summed E-state index contributed by atoms with van der Waals surface area (Å²) in [5, 5.41) is 9.94. The Morgan fingerprint density at radius 2 is 1.82 bits per heavy atom. The van der Waals surface area contributed by atoms with Gasteiger partial charge in [0.25, 0.3) is 0 Å². The molecule has 0 amide bonds. The highest BCUT2D eigenvalue weighted by molar-refractivity contribution is 6.20. The van der Waals surface area contributed by atoms with Crippen LogP contribution in [0.5, 0.6) is 0 Å². The maximum atomic E-state index is 9.80. The van der Waals surface area contributed by atoms with Gasteiger partial charge >= 0.3 is 0 Å². The zero-order valence-electron chi connectivity index (χ0n) is 7.52. The molecular weight excluding hydrogens is 160 g/mol. The van der Waals surface area contributed by atoms with Gasteiger partial charge in [0.15, 0.2) is 0 Å². The monoisotopic (exact) mass is 176 g/mol. The second-order valence-corrected chi connectivity index (χ2v) is 5.46. The number of hydrogen-bond donors (Lipinski definition) is 1. The fraction of sp³-hybridized carbons (Fsp3) is 1.00. The molecule has 0 bridgehead atoms. The lowest BCUT2D eigenvalue weighted by Crippen LogP contribution is -2.40. The number of aliphatic hydroxyl groups is 1. The second-order valence-electron chi connectivity index (χ2n) is 4.84. The van der Waals surface area contributed by atoms with E-state index in [1.165, 1.54) is 0 Å². The van der Waals surface area contributed by atoms with E-state index in [-0.39, 0.29) is 10.8 Å². The van der Waals surface area contributed by atoms with Crippen molar-refractivity contribution in [1.82, 2.24) is 0 Å². The van der Waals surface area contributed by atoms with Gasteiger partial charge in [0.05, 0.1) is 5.60 Å². The van der Waals surface area contributed by atoms with Crippen LogP contribution in [-0.4, -0.2) is 16.1 Å². The second kappa shape index (κ2) is 2.63. The topological polar surface area (TPSA) is 20.2 Å². The Bertz CT molecular complexity index is 136. The molecule has 1 rings (SSSR count). The Balaban J connectivity index is 2.66. The van der Waals surface area contributed by atoms with E-state index in [0.29, 0.717) is 0 Å². The highest BCUT2D eigenvalue weighted by atomic mass is 35.5. The lowest BCUT2D eigenvalue weighted by atomic mass is 9.70. The van der Waals surface area contributed by atoms with Gasteiger partial charge in [-0.1, -0.05) is 13.8 Å². The van der Waals surface area contributed by atoms with Gasteiger partial charge in [0, 0.05) is 5.38 Å². The van der Waals surface area contributed by atoms with Gasteiger partial charge in [-0.15, -0.1) is 11.6 Å². The van der Waals surface area contributed by atoms with Crippen molar-refractivity contribution >= 4 is 11.6 Å². The molecule has 66 valence electrons. The normalized spacial score (nSPS) is 43.9. The molecule has 0 unspecified atom stereocenters. The summed E-state index contributed by atoms with van der Waals surface area (Å²) in [6.45, 7) is 6.20. The van der Waals surface area contributed by atoms with E-state index in [2.05, 4.69) is 13.8 Å². The fourth-order valence-corrected chi connectivity index (χ4v) is 3.07. The Kier molecular flexibility index (Phi) is 2.24. The quantitative estimate of drug-likeness (QED) is 0.563. The van der Waals surface area contributed by atoms with E-state index < -0.39 is 5.60 Å². The van der Waals surface area contributed by atoms with Crippen LogP contribution in [0.15, 0.2) is 0 Å². The van der Waals surface area contributed by atoms with Gasteiger partial charge in [-0.2, -0.15) is 0 Å². The van der Waals surface area contributed by atoms with Gasteiger partial charge in [-0.3, -0.25) is 0 Å². The third-order valence-electron chi connectivity index (χ3n) is 2.29. The van der Waals surface area contributed by atoms with Crippen LogP contribution in [0.25, 0.3) is 0 Å². The van der Waals surface area contributed by atoms with E-state index in [0.717, 1.165) is 19.3 Å². The molecule has 1 aliphatic carbocycles.